The molecular weight excluding hydrogens is 360 g/mol. The summed E-state index contributed by atoms with van der Waals surface area (Å²) < 4.78 is 51.3. The molecule has 0 aliphatic heterocycles. The summed E-state index contributed by atoms with van der Waals surface area (Å²) in [5, 5.41) is 5.13. The van der Waals surface area contributed by atoms with Crippen LogP contribution in [-0.4, -0.2) is 18.0 Å². The van der Waals surface area contributed by atoms with Crippen LogP contribution in [-0.2, 0) is 15.4 Å². The van der Waals surface area contributed by atoms with Crippen LogP contribution in [0, 0.1) is 11.6 Å². The zero-order valence-corrected chi connectivity index (χ0v) is 15.0. The molecule has 0 bridgehead atoms. The number of hydrogen-bond donors (Lipinski definition) is 1. The lowest BCUT2D eigenvalue weighted by molar-refractivity contribution is 0.507. The molecule has 1 heterocycles. The SMILES string of the molecule is CC(C)(c1ccc(S(N)(=O)=O)cc1)c1cncn1-c1ccc(F)c(F)c1. The minimum absolute atomic E-state index is 0.0196. The van der Waals surface area contributed by atoms with Crippen molar-refractivity contribution in [2.45, 2.75) is 24.2 Å². The van der Waals surface area contributed by atoms with Crippen LogP contribution in [0.4, 0.5) is 8.78 Å². The Morgan fingerprint density at radius 3 is 2.27 bits per heavy atom. The van der Waals surface area contributed by atoms with E-state index in [0.717, 1.165) is 23.4 Å². The number of sulfonamides is 1. The Morgan fingerprint density at radius 2 is 1.69 bits per heavy atom. The lowest BCUT2D eigenvalue weighted by Crippen LogP contribution is -2.23. The van der Waals surface area contributed by atoms with Crippen LogP contribution in [0.1, 0.15) is 25.1 Å². The molecule has 2 N–H and O–H groups in total. The zero-order valence-electron chi connectivity index (χ0n) is 14.1. The minimum Gasteiger partial charge on any atom is -0.302 e. The molecule has 0 aliphatic rings. The summed E-state index contributed by atoms with van der Waals surface area (Å²) in [7, 11) is -3.77. The second kappa shape index (κ2) is 6.30. The van der Waals surface area contributed by atoms with E-state index in [9.17, 15) is 17.2 Å². The molecule has 2 aromatic carbocycles. The first-order chi connectivity index (χ1) is 12.1. The fraction of sp³-hybridized carbons (Fsp3) is 0.167. The number of aromatic nitrogens is 2. The molecular formula is C18H17F2N3O2S. The Bertz CT molecular complexity index is 1060. The standard InChI is InChI=1S/C18H17F2N3O2S/c1-18(2,12-3-6-14(7-4-12)26(21,24)25)17-10-22-11-23(17)13-5-8-15(19)16(20)9-13/h3-11H,1-2H3,(H2,21,24,25). The molecule has 0 atom stereocenters. The molecule has 0 aliphatic carbocycles. The molecule has 3 rings (SSSR count). The van der Waals surface area contributed by atoms with Crippen molar-refractivity contribution in [3.63, 3.8) is 0 Å². The largest absolute Gasteiger partial charge is 0.302 e. The topological polar surface area (TPSA) is 78.0 Å². The molecule has 0 radical (unpaired) electrons. The fourth-order valence-electron chi connectivity index (χ4n) is 2.81. The third-order valence-electron chi connectivity index (χ3n) is 4.36. The van der Waals surface area contributed by atoms with Crippen molar-refractivity contribution in [3.8, 4) is 5.69 Å². The number of imidazole rings is 1. The highest BCUT2D eigenvalue weighted by atomic mass is 32.2. The molecule has 0 fully saturated rings. The first-order valence-corrected chi connectivity index (χ1v) is 9.27. The van der Waals surface area contributed by atoms with Gasteiger partial charge in [0.1, 0.15) is 0 Å². The van der Waals surface area contributed by atoms with Crippen LogP contribution in [0.5, 0.6) is 0 Å². The number of nitrogens with zero attached hydrogens (tertiary/aromatic N) is 2. The van der Waals surface area contributed by atoms with Crippen molar-refractivity contribution >= 4 is 10.0 Å². The second-order valence-electron chi connectivity index (χ2n) is 6.44. The number of nitrogens with two attached hydrogens (primary N) is 1. The van der Waals surface area contributed by atoms with Crippen molar-refractivity contribution < 1.29 is 17.2 Å². The molecule has 5 nitrogen and oxygen atoms in total. The van der Waals surface area contributed by atoms with E-state index in [1.165, 1.54) is 24.5 Å². The summed E-state index contributed by atoms with van der Waals surface area (Å²) >= 11 is 0. The van der Waals surface area contributed by atoms with E-state index in [1.54, 1.807) is 22.9 Å². The van der Waals surface area contributed by atoms with Gasteiger partial charge >= 0.3 is 0 Å². The first kappa shape index (κ1) is 18.2. The smallest absolute Gasteiger partial charge is 0.238 e. The Morgan fingerprint density at radius 1 is 1.04 bits per heavy atom. The van der Waals surface area contributed by atoms with Gasteiger partial charge in [-0.3, -0.25) is 0 Å². The summed E-state index contributed by atoms with van der Waals surface area (Å²) in [6.07, 6.45) is 3.15. The van der Waals surface area contributed by atoms with Crippen molar-refractivity contribution in [1.29, 1.82) is 0 Å². The highest BCUT2D eigenvalue weighted by Crippen LogP contribution is 2.33. The lowest BCUT2D eigenvalue weighted by Gasteiger charge is -2.27. The Kier molecular flexibility index (Phi) is 4.41. The van der Waals surface area contributed by atoms with E-state index in [2.05, 4.69) is 4.98 Å². The Balaban J connectivity index is 2.06. The molecule has 0 saturated carbocycles. The van der Waals surface area contributed by atoms with E-state index in [4.69, 9.17) is 5.14 Å². The minimum atomic E-state index is -3.77. The van der Waals surface area contributed by atoms with Gasteiger partial charge in [0, 0.05) is 23.4 Å². The number of primary sulfonamides is 1. The van der Waals surface area contributed by atoms with Gasteiger partial charge in [-0.05, 0) is 29.8 Å². The summed E-state index contributed by atoms with van der Waals surface area (Å²) in [4.78, 5) is 4.15. The van der Waals surface area contributed by atoms with E-state index >= 15 is 0 Å². The number of halogens is 2. The maximum absolute atomic E-state index is 13.6. The van der Waals surface area contributed by atoms with E-state index in [-0.39, 0.29) is 4.90 Å². The van der Waals surface area contributed by atoms with Gasteiger partial charge < -0.3 is 4.57 Å². The lowest BCUT2D eigenvalue weighted by atomic mass is 9.81. The molecule has 8 heteroatoms. The molecule has 136 valence electrons. The van der Waals surface area contributed by atoms with Gasteiger partial charge in [0.2, 0.25) is 10.0 Å². The number of benzene rings is 2. The van der Waals surface area contributed by atoms with Crippen molar-refractivity contribution in [2.75, 3.05) is 0 Å². The molecule has 26 heavy (non-hydrogen) atoms. The van der Waals surface area contributed by atoms with Gasteiger partial charge in [-0.25, -0.2) is 27.3 Å². The van der Waals surface area contributed by atoms with Crippen molar-refractivity contribution in [3.05, 3.63) is 77.9 Å². The Hall–Kier alpha value is -2.58. The molecule has 0 spiro atoms. The van der Waals surface area contributed by atoms with Gasteiger partial charge in [0.25, 0.3) is 0 Å². The summed E-state index contributed by atoms with van der Waals surface area (Å²) in [5.74, 6) is -1.87. The second-order valence-corrected chi connectivity index (χ2v) is 8.00. The number of rotatable bonds is 4. The molecule has 0 unspecified atom stereocenters. The third kappa shape index (κ3) is 3.25. The highest BCUT2D eigenvalue weighted by Gasteiger charge is 2.28. The predicted molar refractivity (Wildman–Crippen MR) is 93.4 cm³/mol. The maximum atomic E-state index is 13.6. The molecule has 3 aromatic rings. The first-order valence-electron chi connectivity index (χ1n) is 7.72. The van der Waals surface area contributed by atoms with Gasteiger partial charge in [-0.15, -0.1) is 0 Å². The number of hydrogen-bond acceptors (Lipinski definition) is 3. The molecule has 0 saturated heterocycles. The third-order valence-corrected chi connectivity index (χ3v) is 5.29. The maximum Gasteiger partial charge on any atom is 0.238 e. The zero-order chi connectivity index (χ0) is 19.1. The van der Waals surface area contributed by atoms with Gasteiger partial charge in [0.15, 0.2) is 11.6 Å². The quantitative estimate of drug-likeness (QED) is 0.759. The van der Waals surface area contributed by atoms with Crippen LogP contribution < -0.4 is 5.14 Å². The molecule has 0 amide bonds. The van der Waals surface area contributed by atoms with Crippen molar-refractivity contribution in [2.24, 2.45) is 5.14 Å². The average molecular weight is 377 g/mol. The van der Waals surface area contributed by atoms with Crippen LogP contribution in [0.15, 0.2) is 59.9 Å². The summed E-state index contributed by atoms with van der Waals surface area (Å²) in [6, 6.07) is 9.83. The summed E-state index contributed by atoms with van der Waals surface area (Å²) in [5.41, 5.74) is 1.39. The van der Waals surface area contributed by atoms with E-state index in [0.29, 0.717) is 5.69 Å². The van der Waals surface area contributed by atoms with E-state index in [1.807, 2.05) is 13.8 Å². The monoisotopic (exact) mass is 377 g/mol. The van der Waals surface area contributed by atoms with Crippen molar-refractivity contribution in [1.82, 2.24) is 9.55 Å². The van der Waals surface area contributed by atoms with Gasteiger partial charge in [0.05, 0.1) is 16.9 Å². The Labute approximate surface area is 150 Å². The predicted octanol–water partition coefficient (Wildman–Crippen LogP) is 3.12. The van der Waals surface area contributed by atoms with Crippen LogP contribution >= 0.6 is 0 Å². The van der Waals surface area contributed by atoms with Gasteiger partial charge in [-0.1, -0.05) is 26.0 Å². The average Bonchev–Trinajstić information content (AvgIpc) is 3.07. The van der Waals surface area contributed by atoms with Crippen LogP contribution in [0.3, 0.4) is 0 Å². The normalized spacial score (nSPS) is 12.3. The molecule has 1 aromatic heterocycles. The van der Waals surface area contributed by atoms with E-state index < -0.39 is 27.1 Å². The van der Waals surface area contributed by atoms with Crippen LogP contribution in [0.25, 0.3) is 5.69 Å². The fourth-order valence-corrected chi connectivity index (χ4v) is 3.32. The summed E-state index contributed by atoms with van der Waals surface area (Å²) in [6.45, 7) is 3.85. The van der Waals surface area contributed by atoms with Crippen LogP contribution in [0.2, 0.25) is 0 Å². The highest BCUT2D eigenvalue weighted by molar-refractivity contribution is 7.89. The van der Waals surface area contributed by atoms with Gasteiger partial charge in [-0.2, -0.15) is 0 Å².